The van der Waals surface area contributed by atoms with Gasteiger partial charge in [-0.25, -0.2) is 9.50 Å². The van der Waals surface area contributed by atoms with Gasteiger partial charge in [-0.05, 0) is 44.4 Å². The molecule has 2 aliphatic rings. The second kappa shape index (κ2) is 8.44. The highest BCUT2D eigenvalue weighted by Crippen LogP contribution is 2.34. The average Bonchev–Trinajstić information content (AvgIpc) is 3.54. The minimum Gasteiger partial charge on any atom is -0.454 e. The summed E-state index contributed by atoms with van der Waals surface area (Å²) in [4.78, 5) is 23.1. The molecule has 34 heavy (non-hydrogen) atoms. The van der Waals surface area contributed by atoms with Gasteiger partial charge in [0, 0.05) is 29.5 Å². The first-order valence-corrected chi connectivity index (χ1v) is 11.2. The summed E-state index contributed by atoms with van der Waals surface area (Å²) in [6, 6.07) is 5.75. The van der Waals surface area contributed by atoms with E-state index in [4.69, 9.17) is 9.47 Å². The number of halogens is 3. The monoisotopic (exact) mass is 475 g/mol. The Hall–Kier alpha value is -3.37. The van der Waals surface area contributed by atoms with Gasteiger partial charge >= 0.3 is 6.18 Å². The van der Waals surface area contributed by atoms with Gasteiger partial charge in [-0.2, -0.15) is 18.2 Å². The van der Waals surface area contributed by atoms with Crippen LogP contribution in [0.1, 0.15) is 54.0 Å². The van der Waals surface area contributed by atoms with Gasteiger partial charge < -0.3 is 14.4 Å². The minimum atomic E-state index is -4.67. The molecular formula is C23H24F3N5O3. The third-order valence-electron chi connectivity index (χ3n) is 6.51. The number of ether oxygens (including phenoxy) is 2. The standard InChI is InChI=1S/C23H24F3N5O3/c1-13-17(14(2)31-22(27-13)28-21(29-31)23(24,25)26)10-20(32)30(16-5-3-4-6-16)11-15-7-8-18-19(9-15)34-12-33-18/h7-9,16H,3-6,10-12H2,1-2H3. The van der Waals surface area contributed by atoms with Crippen molar-refractivity contribution in [3.8, 4) is 11.5 Å². The van der Waals surface area contributed by atoms with Crippen LogP contribution in [0.5, 0.6) is 11.5 Å². The van der Waals surface area contributed by atoms with Crippen LogP contribution in [0, 0.1) is 13.8 Å². The van der Waals surface area contributed by atoms with Gasteiger partial charge in [0.05, 0.1) is 6.42 Å². The molecule has 1 saturated carbocycles. The van der Waals surface area contributed by atoms with Gasteiger partial charge in [-0.15, -0.1) is 5.10 Å². The van der Waals surface area contributed by atoms with Crippen molar-refractivity contribution in [2.45, 2.75) is 64.7 Å². The van der Waals surface area contributed by atoms with Crippen LogP contribution in [-0.4, -0.2) is 43.2 Å². The Morgan fingerprint density at radius 1 is 1.15 bits per heavy atom. The van der Waals surface area contributed by atoms with Crippen LogP contribution in [0.3, 0.4) is 0 Å². The first-order chi connectivity index (χ1) is 16.2. The molecule has 0 atom stereocenters. The average molecular weight is 475 g/mol. The number of carbonyl (C=O) groups is 1. The third kappa shape index (κ3) is 4.14. The molecule has 5 rings (SSSR count). The second-order valence-corrected chi connectivity index (χ2v) is 8.73. The molecule has 0 saturated heterocycles. The normalized spacial score (nSPS) is 15.9. The van der Waals surface area contributed by atoms with Gasteiger partial charge in [0.1, 0.15) is 0 Å². The van der Waals surface area contributed by atoms with E-state index < -0.39 is 12.0 Å². The molecule has 11 heteroatoms. The van der Waals surface area contributed by atoms with Crippen molar-refractivity contribution >= 4 is 11.7 Å². The molecule has 0 N–H and O–H groups in total. The predicted octanol–water partition coefficient (Wildman–Crippen LogP) is 4.00. The minimum absolute atomic E-state index is 0.0167. The summed E-state index contributed by atoms with van der Waals surface area (Å²) in [5, 5.41) is 3.58. The Morgan fingerprint density at radius 3 is 2.62 bits per heavy atom. The van der Waals surface area contributed by atoms with E-state index in [0.29, 0.717) is 35.0 Å². The lowest BCUT2D eigenvalue weighted by Gasteiger charge is -2.30. The summed E-state index contributed by atoms with van der Waals surface area (Å²) in [5.74, 6) is -0.149. The van der Waals surface area contributed by atoms with Gasteiger partial charge in [0.2, 0.25) is 12.7 Å². The van der Waals surface area contributed by atoms with Crippen LogP contribution in [0.25, 0.3) is 5.78 Å². The molecule has 180 valence electrons. The Morgan fingerprint density at radius 2 is 1.88 bits per heavy atom. The van der Waals surface area contributed by atoms with E-state index in [1.807, 2.05) is 23.1 Å². The van der Waals surface area contributed by atoms with E-state index in [1.54, 1.807) is 13.8 Å². The fraction of sp³-hybridized carbons (Fsp3) is 0.478. The molecule has 1 amide bonds. The lowest BCUT2D eigenvalue weighted by Crippen LogP contribution is -2.39. The summed E-state index contributed by atoms with van der Waals surface area (Å²) >= 11 is 0. The molecule has 8 nitrogen and oxygen atoms in total. The van der Waals surface area contributed by atoms with Crippen LogP contribution in [0.15, 0.2) is 18.2 Å². The lowest BCUT2D eigenvalue weighted by atomic mass is 10.1. The van der Waals surface area contributed by atoms with Crippen LogP contribution < -0.4 is 9.47 Å². The number of benzene rings is 1. The fourth-order valence-corrected chi connectivity index (χ4v) is 4.71. The number of amides is 1. The van der Waals surface area contributed by atoms with Crippen LogP contribution in [0.4, 0.5) is 13.2 Å². The smallest absolute Gasteiger partial charge is 0.453 e. The maximum Gasteiger partial charge on any atom is 0.453 e. The van der Waals surface area contributed by atoms with E-state index in [-0.39, 0.29) is 30.9 Å². The van der Waals surface area contributed by atoms with Crippen molar-refractivity contribution < 1.29 is 27.4 Å². The van der Waals surface area contributed by atoms with Gasteiger partial charge in [-0.1, -0.05) is 18.9 Å². The molecule has 0 bridgehead atoms. The van der Waals surface area contributed by atoms with Crippen molar-refractivity contribution in [3.05, 3.63) is 46.5 Å². The molecule has 1 fully saturated rings. The zero-order valence-electron chi connectivity index (χ0n) is 18.9. The number of aryl methyl sites for hydroxylation is 2. The van der Waals surface area contributed by atoms with E-state index in [1.165, 1.54) is 0 Å². The Kier molecular flexibility index (Phi) is 5.57. The van der Waals surface area contributed by atoms with E-state index in [9.17, 15) is 18.0 Å². The number of rotatable bonds is 5. The summed E-state index contributed by atoms with van der Waals surface area (Å²) in [6.45, 7) is 3.90. The van der Waals surface area contributed by atoms with Crippen LogP contribution in [0.2, 0.25) is 0 Å². The quantitative estimate of drug-likeness (QED) is 0.555. The highest BCUT2D eigenvalue weighted by molar-refractivity contribution is 5.80. The second-order valence-electron chi connectivity index (χ2n) is 8.73. The summed E-state index contributed by atoms with van der Waals surface area (Å²) < 4.78 is 51.2. The zero-order valence-corrected chi connectivity index (χ0v) is 18.9. The summed E-state index contributed by atoms with van der Waals surface area (Å²) in [5.41, 5.74) is 2.38. The van der Waals surface area contributed by atoms with Crippen LogP contribution in [-0.2, 0) is 23.9 Å². The molecular weight excluding hydrogens is 451 g/mol. The predicted molar refractivity (Wildman–Crippen MR) is 114 cm³/mol. The van der Waals surface area contributed by atoms with E-state index in [2.05, 4.69) is 15.1 Å². The Bertz CT molecular complexity index is 1250. The largest absolute Gasteiger partial charge is 0.454 e. The van der Waals surface area contributed by atoms with Crippen molar-refractivity contribution in [2.75, 3.05) is 6.79 Å². The fourth-order valence-electron chi connectivity index (χ4n) is 4.71. The Labute approximate surface area is 193 Å². The van der Waals surface area contributed by atoms with Crippen molar-refractivity contribution in [1.29, 1.82) is 0 Å². The number of hydrogen-bond acceptors (Lipinski definition) is 6. The molecule has 1 aliphatic heterocycles. The molecule has 1 aliphatic carbocycles. The van der Waals surface area contributed by atoms with Crippen LogP contribution >= 0.6 is 0 Å². The number of carbonyl (C=O) groups excluding carboxylic acids is 1. The zero-order chi connectivity index (χ0) is 24.0. The first-order valence-electron chi connectivity index (χ1n) is 11.2. The van der Waals surface area contributed by atoms with E-state index >= 15 is 0 Å². The first kappa shape index (κ1) is 22.4. The SMILES string of the molecule is Cc1nc2nc(C(F)(F)F)nn2c(C)c1CC(=O)N(Cc1ccc2c(c1)OCO2)C1CCCC1. The molecule has 0 radical (unpaired) electrons. The number of alkyl halides is 3. The maximum absolute atomic E-state index is 13.6. The Balaban J connectivity index is 1.44. The third-order valence-corrected chi connectivity index (χ3v) is 6.51. The van der Waals surface area contributed by atoms with Crippen molar-refractivity contribution in [2.24, 2.45) is 0 Å². The van der Waals surface area contributed by atoms with E-state index in [0.717, 1.165) is 35.8 Å². The lowest BCUT2D eigenvalue weighted by molar-refractivity contribution is -0.144. The highest BCUT2D eigenvalue weighted by atomic mass is 19.4. The number of nitrogens with zero attached hydrogens (tertiary/aromatic N) is 5. The van der Waals surface area contributed by atoms with Gasteiger partial charge in [0.25, 0.3) is 11.6 Å². The molecule has 1 aromatic carbocycles. The molecule has 0 spiro atoms. The maximum atomic E-state index is 13.6. The molecule has 2 aromatic heterocycles. The topological polar surface area (TPSA) is 81.9 Å². The van der Waals surface area contributed by atoms with Crippen molar-refractivity contribution in [3.63, 3.8) is 0 Å². The highest BCUT2D eigenvalue weighted by Gasteiger charge is 2.37. The van der Waals surface area contributed by atoms with Gasteiger partial charge in [-0.3, -0.25) is 4.79 Å². The number of fused-ring (bicyclic) bond motifs is 2. The summed E-state index contributed by atoms with van der Waals surface area (Å²) in [6.07, 6.45) is -0.704. The molecule has 3 aromatic rings. The number of aromatic nitrogens is 4. The molecule has 0 unspecified atom stereocenters. The number of hydrogen-bond donors (Lipinski definition) is 0. The van der Waals surface area contributed by atoms with Gasteiger partial charge in [0.15, 0.2) is 11.5 Å². The van der Waals surface area contributed by atoms with Crippen molar-refractivity contribution in [1.82, 2.24) is 24.5 Å². The summed E-state index contributed by atoms with van der Waals surface area (Å²) in [7, 11) is 0. The molecule has 3 heterocycles.